The van der Waals surface area contributed by atoms with Crippen LogP contribution in [0, 0.1) is 5.92 Å². The summed E-state index contributed by atoms with van der Waals surface area (Å²) in [6, 6.07) is 65.7. The van der Waals surface area contributed by atoms with E-state index in [-0.39, 0.29) is 25.7 Å². The van der Waals surface area contributed by atoms with Crippen LogP contribution in [0.4, 0.5) is 13.2 Å². The first-order chi connectivity index (χ1) is 60.7. The minimum Gasteiger partial charge on any atom is -0.396 e. The largest absolute Gasteiger partial charge is 0.420 e. The zero-order valence-electron chi connectivity index (χ0n) is 77.8. The first-order valence-electron chi connectivity index (χ1n) is 46.1. The minimum atomic E-state index is -4.72. The van der Waals surface area contributed by atoms with Gasteiger partial charge in [0.2, 0.25) is 0 Å². The van der Waals surface area contributed by atoms with E-state index >= 15 is 0 Å². The van der Waals surface area contributed by atoms with Crippen LogP contribution in [-0.2, 0) is 51.4 Å². The predicted octanol–water partition coefficient (Wildman–Crippen LogP) is 23.5. The monoisotopic (exact) mass is 1740 g/mol. The molecule has 690 valence electrons. The van der Waals surface area contributed by atoms with Crippen LogP contribution in [0.25, 0.3) is 22.3 Å². The van der Waals surface area contributed by atoms with Crippen molar-refractivity contribution in [2.24, 2.45) is 5.92 Å². The molecule has 127 heavy (non-hydrogen) atoms. The zero-order chi connectivity index (χ0) is 93.6. The number of rotatable bonds is 46. The van der Waals surface area contributed by atoms with Crippen molar-refractivity contribution in [2.75, 3.05) is 19.8 Å². The van der Waals surface area contributed by atoms with Gasteiger partial charge in [0.25, 0.3) is 0 Å². The Morgan fingerprint density at radius 1 is 0.323 bits per heavy atom. The second kappa shape index (κ2) is 56.4. The van der Waals surface area contributed by atoms with Gasteiger partial charge in [0.15, 0.2) is 5.60 Å². The molecule has 0 saturated carbocycles. The predicted molar refractivity (Wildman–Crippen MR) is 520 cm³/mol. The van der Waals surface area contributed by atoms with Crippen molar-refractivity contribution >= 4 is 22.3 Å². The Hall–Kier alpha value is -9.01. The second-order valence-corrected chi connectivity index (χ2v) is 33.7. The van der Waals surface area contributed by atoms with Crippen molar-refractivity contribution in [1.82, 2.24) is 0 Å². The van der Waals surface area contributed by atoms with Gasteiger partial charge in [0.1, 0.15) is 0 Å². The van der Waals surface area contributed by atoms with Crippen LogP contribution in [0.15, 0.2) is 267 Å². The third kappa shape index (κ3) is 37.9. The highest BCUT2D eigenvalue weighted by atomic mass is 19.4. The summed E-state index contributed by atoms with van der Waals surface area (Å²) in [4.78, 5) is 0. The lowest BCUT2D eigenvalue weighted by atomic mass is 9.94. The van der Waals surface area contributed by atoms with Gasteiger partial charge < -0.3 is 61.3 Å². The lowest BCUT2D eigenvalue weighted by Gasteiger charge is -2.22. The van der Waals surface area contributed by atoms with Gasteiger partial charge >= 0.3 is 6.18 Å². The lowest BCUT2D eigenvalue weighted by Crippen LogP contribution is -2.39. The number of alkyl halides is 3. The average Bonchev–Trinajstić information content (AvgIpc) is 0.797. The first-order valence-corrected chi connectivity index (χ1v) is 46.1. The average molecular weight is 1740 g/mol. The number of aliphatic hydroxyl groups excluding tert-OH is 8. The van der Waals surface area contributed by atoms with Gasteiger partial charge in [-0.1, -0.05) is 337 Å². The van der Waals surface area contributed by atoms with E-state index in [0.29, 0.717) is 64.2 Å². The molecule has 15 heteroatoms. The quantitative estimate of drug-likeness (QED) is 0.0160. The smallest absolute Gasteiger partial charge is 0.396 e. The Morgan fingerprint density at radius 2 is 0.567 bits per heavy atom. The van der Waals surface area contributed by atoms with Crippen LogP contribution in [0.2, 0.25) is 0 Å². The van der Waals surface area contributed by atoms with Gasteiger partial charge in [-0.05, 0) is 247 Å². The number of aryl methyl sites for hydroxylation is 8. The molecule has 0 amide bonds. The maximum atomic E-state index is 12.8. The summed E-state index contributed by atoms with van der Waals surface area (Å²) in [5, 5.41) is 118. The molecule has 12 N–H and O–H groups in total. The van der Waals surface area contributed by atoms with E-state index in [9.17, 15) is 64.2 Å². The molecule has 0 aliphatic carbocycles. The van der Waals surface area contributed by atoms with E-state index in [1.54, 1.807) is 13.0 Å². The molecular formula is C112H149F3O12. The van der Waals surface area contributed by atoms with E-state index in [2.05, 4.69) is 148 Å². The summed E-state index contributed by atoms with van der Waals surface area (Å²) in [5.74, 6) is -0.169. The second-order valence-electron chi connectivity index (χ2n) is 33.7. The number of hydrogen-bond donors (Lipinski definition) is 12. The topological polar surface area (TPSA) is 243 Å². The lowest BCUT2D eigenvalue weighted by molar-refractivity contribution is -0.232. The van der Waals surface area contributed by atoms with E-state index in [4.69, 9.17) is 10.2 Å². The fourth-order valence-corrected chi connectivity index (χ4v) is 14.5. The van der Waals surface area contributed by atoms with E-state index in [1.165, 1.54) is 72.9 Å². The maximum absolute atomic E-state index is 12.8. The van der Waals surface area contributed by atoms with Crippen molar-refractivity contribution in [3.63, 3.8) is 0 Å². The molecular weight excluding hydrogens is 1590 g/mol. The Bertz CT molecular complexity index is 4700. The van der Waals surface area contributed by atoms with Crippen molar-refractivity contribution in [1.29, 1.82) is 0 Å². The molecule has 0 fully saturated rings. The number of allylic oxidation sites excluding steroid dienone is 12. The van der Waals surface area contributed by atoms with Crippen LogP contribution in [0.1, 0.15) is 287 Å². The SMILES string of the molecule is CC/C(=C\C=C\C(C)(O)C(F)(F)F)c1cccc(CCc2ccc(C(O)CCO)cc2)c1.CC/C(=C\C=C\C(O)(CC)CC)c1cccc(CCc2ccc(C(O)C(C)CO)cc2)c1.CC/C(=C\C=C\C(O)(CC)CC)c1cccc(CCc2ccc(C(O)CC(C)O)cc2)c1.CC/C(=C\C=C\C(O)(CC)CC)c1cccc(CCc2ccc(C(O)CCO)cc2)c1. The molecule has 0 spiro atoms. The van der Waals surface area contributed by atoms with Gasteiger partial charge in [-0.3, -0.25) is 0 Å². The van der Waals surface area contributed by atoms with Crippen LogP contribution in [0.3, 0.4) is 0 Å². The standard InChI is InChI=1S/2C29H40O3.C28H38O3.C26H31F3O3/c1-5-25(12-9-19-29(32,6-2)7-3)27-11-8-10-24(20-27)14-13-23-15-17-26(18-16-23)28(31)22(4)21-30;1-5-25(12-9-19-29(32,6-2)7-3)27-11-8-10-24(21-27)14-13-23-15-17-26(18-16-23)28(31)20-22(4)30;1-4-24(11-8-19-28(31,5-2)6-3)26-10-7-9-23(21-26)13-12-22-14-16-25(17-15-22)27(30)18-20-29;1-3-21(8-5-16-25(2,32)26(27,28)29)23-7-4-6-20(18-23)10-9-19-11-13-22(14-12-19)24(31)15-17-30/h8-12,15-20,22,28,30-32H,5-7,13-14,21H2,1-4H3;8-12,15-19,21-22,28,30-32H,5-7,13-14,20H2,1-4H3;7-11,14-17,19,21,27,29-31H,4-6,12-13,18,20H2,1-3H3;4-8,11-14,16,18,24,30-32H,3,9-10,15,17H2,1-2H3/b2*19-9+,25-12+;19-8+,24-11+;16-5+,21-8+. The van der Waals surface area contributed by atoms with E-state index in [1.807, 2.05) is 177 Å². The van der Waals surface area contributed by atoms with Crippen molar-refractivity contribution in [2.45, 2.75) is 284 Å². The van der Waals surface area contributed by atoms with Crippen LogP contribution < -0.4 is 0 Å². The number of benzene rings is 8. The van der Waals surface area contributed by atoms with E-state index < -0.39 is 59.1 Å². The molecule has 0 radical (unpaired) electrons. The van der Waals surface area contributed by atoms with Crippen LogP contribution in [-0.4, -0.2) is 116 Å². The van der Waals surface area contributed by atoms with E-state index in [0.717, 1.165) is 128 Å². The van der Waals surface area contributed by atoms with Gasteiger partial charge in [-0.25, -0.2) is 0 Å². The molecule has 7 atom stereocenters. The first kappa shape index (κ1) is 109. The van der Waals surface area contributed by atoms with Gasteiger partial charge in [0, 0.05) is 45.0 Å². The summed E-state index contributed by atoms with van der Waals surface area (Å²) in [6.07, 6.45) is 29.9. The molecule has 0 aliphatic heterocycles. The number of halogens is 3. The number of aliphatic hydroxyl groups is 12. The molecule has 7 unspecified atom stereocenters. The van der Waals surface area contributed by atoms with Crippen LogP contribution in [0.5, 0.6) is 0 Å². The molecule has 8 rings (SSSR count). The highest BCUT2D eigenvalue weighted by molar-refractivity contribution is 5.70. The van der Waals surface area contributed by atoms with Crippen molar-refractivity contribution in [3.05, 3.63) is 356 Å². The summed E-state index contributed by atoms with van der Waals surface area (Å²) >= 11 is 0. The molecule has 0 saturated heterocycles. The Balaban J connectivity index is 0.000000300. The fraction of sp³-hybridized carbons (Fsp3) is 0.429. The van der Waals surface area contributed by atoms with Crippen molar-refractivity contribution in [3.8, 4) is 0 Å². The molecule has 12 nitrogen and oxygen atoms in total. The van der Waals surface area contributed by atoms with Crippen molar-refractivity contribution < 1.29 is 74.4 Å². The summed E-state index contributed by atoms with van der Waals surface area (Å²) in [7, 11) is 0. The fourth-order valence-electron chi connectivity index (χ4n) is 14.5. The highest BCUT2D eigenvalue weighted by Crippen LogP contribution is 2.34. The van der Waals surface area contributed by atoms with Gasteiger partial charge in [-0.15, -0.1) is 0 Å². The molecule has 0 bridgehead atoms. The minimum absolute atomic E-state index is 0.0126. The summed E-state index contributed by atoms with van der Waals surface area (Å²) in [5.41, 5.74) is 17.4. The summed E-state index contributed by atoms with van der Waals surface area (Å²) in [6.45, 7) is 24.6. The Labute approximate surface area is 758 Å². The Morgan fingerprint density at radius 3 is 0.795 bits per heavy atom. The molecule has 0 aliphatic rings. The molecule has 0 aromatic heterocycles. The van der Waals surface area contributed by atoms with Gasteiger partial charge in [-0.2, -0.15) is 13.2 Å². The third-order valence-corrected chi connectivity index (χ3v) is 24.2. The zero-order valence-corrected chi connectivity index (χ0v) is 77.8. The summed E-state index contributed by atoms with van der Waals surface area (Å²) < 4.78 is 38.4. The molecule has 0 heterocycles. The highest BCUT2D eigenvalue weighted by Gasteiger charge is 2.47. The Kier molecular flexibility index (Phi) is 48.2. The normalized spacial score (nSPS) is 14.7. The molecule has 8 aromatic rings. The van der Waals surface area contributed by atoms with Gasteiger partial charge in [0.05, 0.1) is 47.3 Å². The maximum Gasteiger partial charge on any atom is 0.420 e. The van der Waals surface area contributed by atoms with Crippen LogP contribution >= 0.6 is 0 Å². The molecule has 8 aromatic carbocycles. The third-order valence-electron chi connectivity index (χ3n) is 24.2. The number of hydrogen-bond acceptors (Lipinski definition) is 12.